The molecule has 17 heavy (non-hydrogen) atoms. The smallest absolute Gasteiger partial charge is 0.226 e. The van der Waals surface area contributed by atoms with Crippen LogP contribution >= 0.6 is 0 Å². The van der Waals surface area contributed by atoms with Gasteiger partial charge in [0.1, 0.15) is 11.6 Å². The Morgan fingerprint density at radius 2 is 2.12 bits per heavy atom. The van der Waals surface area contributed by atoms with Crippen molar-refractivity contribution < 1.29 is 4.74 Å². The number of nitrogens with two attached hydrogens (primary N) is 1. The van der Waals surface area contributed by atoms with Gasteiger partial charge in [0.15, 0.2) is 0 Å². The number of nitrogens with zero attached hydrogens (tertiary/aromatic N) is 3. The van der Waals surface area contributed by atoms with E-state index in [1.54, 1.807) is 19.3 Å². The molecule has 2 heterocycles. The molecule has 6 nitrogen and oxygen atoms in total. The molecule has 0 aliphatic carbocycles. The van der Waals surface area contributed by atoms with Gasteiger partial charge in [-0.1, -0.05) is 0 Å². The highest BCUT2D eigenvalue weighted by atomic mass is 16.5. The number of hydrogen-bond donors (Lipinski definition) is 2. The summed E-state index contributed by atoms with van der Waals surface area (Å²) >= 11 is 0. The molecular weight excluding hydrogens is 218 g/mol. The molecular formula is C11H13N5O. The third-order valence-corrected chi connectivity index (χ3v) is 2.08. The normalized spacial score (nSPS) is 10.0. The van der Waals surface area contributed by atoms with E-state index in [-0.39, 0.29) is 5.95 Å². The Balaban J connectivity index is 2.23. The first-order valence-corrected chi connectivity index (χ1v) is 5.10. The number of hydrogen-bond acceptors (Lipinski definition) is 6. The van der Waals surface area contributed by atoms with Crippen LogP contribution in [0.15, 0.2) is 24.4 Å². The predicted octanol–water partition coefficient (Wildman–Crippen LogP) is 1.60. The van der Waals surface area contributed by atoms with Crippen molar-refractivity contribution in [1.82, 2.24) is 15.0 Å². The fraction of sp³-hybridized carbons (Fsp3) is 0.182. The lowest BCUT2D eigenvalue weighted by atomic mass is 10.4. The van der Waals surface area contributed by atoms with Gasteiger partial charge in [0, 0.05) is 18.8 Å². The third-order valence-electron chi connectivity index (χ3n) is 2.08. The molecule has 6 heteroatoms. The molecule has 0 bridgehead atoms. The predicted molar refractivity (Wildman–Crippen MR) is 65.0 cm³/mol. The van der Waals surface area contributed by atoms with Crippen molar-refractivity contribution in [2.24, 2.45) is 0 Å². The second-order valence-corrected chi connectivity index (χ2v) is 3.44. The van der Waals surface area contributed by atoms with E-state index in [4.69, 9.17) is 10.5 Å². The molecule has 0 amide bonds. The van der Waals surface area contributed by atoms with Crippen molar-refractivity contribution in [3.05, 3.63) is 30.1 Å². The number of nitrogen functional groups attached to an aromatic ring is 1. The van der Waals surface area contributed by atoms with Crippen LogP contribution in [0.4, 0.5) is 11.8 Å². The van der Waals surface area contributed by atoms with Crippen molar-refractivity contribution >= 4 is 11.8 Å². The lowest BCUT2D eigenvalue weighted by Gasteiger charge is -2.06. The topological polar surface area (TPSA) is 86.0 Å². The fourth-order valence-corrected chi connectivity index (χ4v) is 1.26. The van der Waals surface area contributed by atoms with Crippen LogP contribution in [0, 0.1) is 6.92 Å². The molecule has 2 aromatic rings. The van der Waals surface area contributed by atoms with E-state index < -0.39 is 0 Å². The number of rotatable bonds is 3. The summed E-state index contributed by atoms with van der Waals surface area (Å²) in [6.07, 6.45) is 1.63. The summed E-state index contributed by atoms with van der Waals surface area (Å²) < 4.78 is 5.52. The van der Waals surface area contributed by atoms with Crippen LogP contribution in [-0.2, 0) is 0 Å². The van der Waals surface area contributed by atoms with E-state index in [0.29, 0.717) is 17.4 Å². The minimum atomic E-state index is 0.159. The molecule has 0 fully saturated rings. The largest absolute Gasteiger partial charge is 0.437 e. The highest BCUT2D eigenvalue weighted by molar-refractivity contribution is 5.43. The van der Waals surface area contributed by atoms with Crippen molar-refractivity contribution in [2.45, 2.75) is 6.92 Å². The second kappa shape index (κ2) is 4.65. The van der Waals surface area contributed by atoms with Crippen LogP contribution in [-0.4, -0.2) is 22.0 Å². The zero-order valence-electron chi connectivity index (χ0n) is 9.64. The van der Waals surface area contributed by atoms with Crippen molar-refractivity contribution in [3.63, 3.8) is 0 Å². The van der Waals surface area contributed by atoms with E-state index in [1.165, 1.54) is 0 Å². The second-order valence-electron chi connectivity index (χ2n) is 3.44. The Labute approximate surface area is 98.9 Å². The van der Waals surface area contributed by atoms with Gasteiger partial charge < -0.3 is 15.8 Å². The molecule has 0 unspecified atom stereocenters. The number of aryl methyl sites for hydroxylation is 1. The maximum Gasteiger partial charge on any atom is 0.226 e. The van der Waals surface area contributed by atoms with Crippen molar-refractivity contribution in [2.75, 3.05) is 18.1 Å². The van der Waals surface area contributed by atoms with Gasteiger partial charge in [0.2, 0.25) is 11.8 Å². The molecule has 88 valence electrons. The summed E-state index contributed by atoms with van der Waals surface area (Å²) in [6, 6.07) is 5.34. The number of anilines is 2. The monoisotopic (exact) mass is 231 g/mol. The van der Waals surface area contributed by atoms with E-state index >= 15 is 0 Å². The molecule has 2 rings (SSSR count). The van der Waals surface area contributed by atoms with Gasteiger partial charge in [-0.2, -0.15) is 9.97 Å². The highest BCUT2D eigenvalue weighted by Gasteiger charge is 2.03. The van der Waals surface area contributed by atoms with E-state index in [2.05, 4.69) is 20.3 Å². The number of pyridine rings is 1. The summed E-state index contributed by atoms with van der Waals surface area (Å²) in [7, 11) is 1.75. The Kier molecular flexibility index (Phi) is 3.04. The third kappa shape index (κ3) is 2.81. The van der Waals surface area contributed by atoms with Gasteiger partial charge in [-0.25, -0.2) is 0 Å². The van der Waals surface area contributed by atoms with Gasteiger partial charge in [-0.15, -0.1) is 0 Å². The molecule has 0 spiro atoms. The summed E-state index contributed by atoms with van der Waals surface area (Å²) in [5.74, 6) is 1.75. The summed E-state index contributed by atoms with van der Waals surface area (Å²) in [5.41, 5.74) is 6.48. The zero-order chi connectivity index (χ0) is 12.3. The first-order valence-electron chi connectivity index (χ1n) is 5.10. The molecule has 0 saturated heterocycles. The molecule has 0 aromatic carbocycles. The van der Waals surface area contributed by atoms with Gasteiger partial charge in [0.05, 0.1) is 6.20 Å². The first-order chi connectivity index (χ1) is 8.17. The highest BCUT2D eigenvalue weighted by Crippen LogP contribution is 2.21. The van der Waals surface area contributed by atoms with Crippen LogP contribution in [0.25, 0.3) is 0 Å². The Morgan fingerprint density at radius 1 is 1.29 bits per heavy atom. The first kappa shape index (κ1) is 11.1. The minimum Gasteiger partial charge on any atom is -0.437 e. The van der Waals surface area contributed by atoms with Crippen LogP contribution in [0.1, 0.15) is 5.69 Å². The van der Waals surface area contributed by atoms with E-state index in [9.17, 15) is 0 Å². The SMILES string of the molecule is CNc1cc(Oc2ccc(C)nc2)nc(N)n1. The Bertz CT molecular complexity index is 512. The van der Waals surface area contributed by atoms with Gasteiger partial charge in [-0.05, 0) is 19.1 Å². The molecule has 2 aromatic heterocycles. The number of aromatic nitrogens is 3. The number of ether oxygens (including phenoxy) is 1. The standard InChI is InChI=1S/C11H13N5O/c1-7-3-4-8(6-14-7)17-10-5-9(13-2)15-11(12)16-10/h3-6H,1-2H3,(H3,12,13,15,16). The lowest BCUT2D eigenvalue weighted by molar-refractivity contribution is 0.460. The van der Waals surface area contributed by atoms with Crippen LogP contribution in [0.2, 0.25) is 0 Å². The summed E-state index contributed by atoms with van der Waals surface area (Å²) in [4.78, 5) is 12.1. The van der Waals surface area contributed by atoms with Crippen molar-refractivity contribution in [1.29, 1.82) is 0 Å². The average molecular weight is 231 g/mol. The maximum atomic E-state index is 5.55. The van der Waals surface area contributed by atoms with Crippen LogP contribution in [0.3, 0.4) is 0 Å². The van der Waals surface area contributed by atoms with Crippen LogP contribution in [0.5, 0.6) is 11.6 Å². The molecule has 0 radical (unpaired) electrons. The van der Waals surface area contributed by atoms with E-state index in [1.807, 2.05) is 19.1 Å². The van der Waals surface area contributed by atoms with E-state index in [0.717, 1.165) is 5.69 Å². The number of nitrogens with one attached hydrogen (secondary N) is 1. The quantitative estimate of drug-likeness (QED) is 0.834. The molecule has 0 atom stereocenters. The fourth-order valence-electron chi connectivity index (χ4n) is 1.26. The minimum absolute atomic E-state index is 0.159. The average Bonchev–Trinajstić information content (AvgIpc) is 2.31. The molecule has 3 N–H and O–H groups in total. The molecule has 0 aliphatic rings. The molecule has 0 saturated carbocycles. The van der Waals surface area contributed by atoms with Crippen molar-refractivity contribution in [3.8, 4) is 11.6 Å². The Morgan fingerprint density at radius 3 is 2.76 bits per heavy atom. The maximum absolute atomic E-state index is 5.55. The summed E-state index contributed by atoms with van der Waals surface area (Å²) in [5, 5.41) is 2.88. The lowest BCUT2D eigenvalue weighted by Crippen LogP contribution is -2.01. The Hall–Kier alpha value is -2.37. The van der Waals surface area contributed by atoms with Gasteiger partial charge in [-0.3, -0.25) is 4.98 Å². The summed E-state index contributed by atoms with van der Waals surface area (Å²) in [6.45, 7) is 1.91. The van der Waals surface area contributed by atoms with Gasteiger partial charge in [0.25, 0.3) is 0 Å². The molecule has 0 aliphatic heterocycles. The van der Waals surface area contributed by atoms with Gasteiger partial charge >= 0.3 is 0 Å². The zero-order valence-corrected chi connectivity index (χ0v) is 9.64. The van der Waals surface area contributed by atoms with Crippen LogP contribution < -0.4 is 15.8 Å².